The molecule has 0 bridgehead atoms. The van der Waals surface area contributed by atoms with Gasteiger partial charge in [-0.2, -0.15) is 13.2 Å². The lowest BCUT2D eigenvalue weighted by atomic mass is 10.2. The molecular weight excluding hydrogens is 237 g/mol. The lowest BCUT2D eigenvalue weighted by molar-refractivity contribution is -0.171. The normalized spacial score (nSPS) is 11.4. The number of ketones is 1. The number of carbonyl (C=O) groups excluding carboxylic acids is 1. The van der Waals surface area contributed by atoms with Crippen LogP contribution in [0.4, 0.5) is 13.2 Å². The van der Waals surface area contributed by atoms with E-state index in [-0.39, 0.29) is 6.42 Å². The van der Waals surface area contributed by atoms with Gasteiger partial charge in [0, 0.05) is 11.3 Å². The van der Waals surface area contributed by atoms with Gasteiger partial charge in [-0.1, -0.05) is 18.2 Å². The molecule has 0 radical (unpaired) electrons. The molecule has 0 spiro atoms. The number of halogens is 3. The second-order valence-corrected chi connectivity index (χ2v) is 4.35. The highest BCUT2D eigenvalue weighted by atomic mass is 32.2. The van der Waals surface area contributed by atoms with Gasteiger partial charge in [0.05, 0.1) is 0 Å². The fourth-order valence-electron chi connectivity index (χ4n) is 1.08. The predicted octanol–water partition coefficient (Wildman–Crippen LogP) is 3.69. The van der Waals surface area contributed by atoms with Crippen LogP contribution in [0.25, 0.3) is 0 Å². The third kappa shape index (κ3) is 4.70. The summed E-state index contributed by atoms with van der Waals surface area (Å²) >= 11 is 1.45. The Balaban J connectivity index is 2.20. The third-order valence-corrected chi connectivity index (χ3v) is 2.97. The zero-order valence-electron chi connectivity index (χ0n) is 8.46. The highest BCUT2D eigenvalue weighted by molar-refractivity contribution is 7.99. The molecule has 1 rings (SSSR count). The highest BCUT2D eigenvalue weighted by Crippen LogP contribution is 2.22. The van der Waals surface area contributed by atoms with Crippen LogP contribution in [0.5, 0.6) is 0 Å². The Kier molecular flexibility index (Phi) is 4.86. The van der Waals surface area contributed by atoms with E-state index in [0.29, 0.717) is 5.75 Å². The molecule has 0 aliphatic rings. The van der Waals surface area contributed by atoms with Crippen LogP contribution < -0.4 is 0 Å². The van der Waals surface area contributed by atoms with Gasteiger partial charge >= 0.3 is 6.18 Å². The number of carbonyl (C=O) groups is 1. The fourth-order valence-corrected chi connectivity index (χ4v) is 1.96. The molecule has 88 valence electrons. The van der Waals surface area contributed by atoms with Crippen LogP contribution in [0, 0.1) is 0 Å². The summed E-state index contributed by atoms with van der Waals surface area (Å²) in [5.74, 6) is -1.12. The van der Waals surface area contributed by atoms with Gasteiger partial charge in [0.1, 0.15) is 0 Å². The van der Waals surface area contributed by atoms with Crippen LogP contribution in [-0.2, 0) is 4.79 Å². The zero-order chi connectivity index (χ0) is 12.0. The summed E-state index contributed by atoms with van der Waals surface area (Å²) in [6.45, 7) is 0. The van der Waals surface area contributed by atoms with Gasteiger partial charge in [0.25, 0.3) is 0 Å². The first-order valence-electron chi connectivity index (χ1n) is 4.78. The summed E-state index contributed by atoms with van der Waals surface area (Å²) in [6, 6.07) is 9.37. The molecule has 0 N–H and O–H groups in total. The van der Waals surface area contributed by atoms with Crippen molar-refractivity contribution in [3.63, 3.8) is 0 Å². The second kappa shape index (κ2) is 5.94. The lowest BCUT2D eigenvalue weighted by Crippen LogP contribution is -2.22. The number of rotatable bonds is 5. The van der Waals surface area contributed by atoms with Crippen molar-refractivity contribution in [1.29, 1.82) is 0 Å². The first kappa shape index (κ1) is 13.1. The lowest BCUT2D eigenvalue weighted by Gasteiger charge is -2.04. The van der Waals surface area contributed by atoms with Gasteiger partial charge in [-0.15, -0.1) is 11.8 Å². The molecule has 16 heavy (non-hydrogen) atoms. The van der Waals surface area contributed by atoms with Crippen molar-refractivity contribution in [2.24, 2.45) is 0 Å². The van der Waals surface area contributed by atoms with Crippen molar-refractivity contribution in [2.45, 2.75) is 23.9 Å². The molecule has 0 heterocycles. The van der Waals surface area contributed by atoms with Gasteiger partial charge in [-0.25, -0.2) is 0 Å². The van der Waals surface area contributed by atoms with E-state index in [2.05, 4.69) is 0 Å². The standard InChI is InChI=1S/C11H11F3OS/c12-11(13,14)10(15)7-4-8-16-9-5-2-1-3-6-9/h1-3,5-6H,4,7-8H2. The molecule has 0 amide bonds. The topological polar surface area (TPSA) is 17.1 Å². The maximum absolute atomic E-state index is 11.8. The molecule has 0 saturated carbocycles. The maximum atomic E-state index is 11.8. The Labute approximate surface area is 96.0 Å². The summed E-state index contributed by atoms with van der Waals surface area (Å²) < 4.78 is 35.5. The van der Waals surface area contributed by atoms with Crippen molar-refractivity contribution in [3.8, 4) is 0 Å². The molecule has 0 aliphatic carbocycles. The minimum absolute atomic E-state index is 0.248. The first-order valence-corrected chi connectivity index (χ1v) is 5.76. The Hall–Kier alpha value is -0.970. The van der Waals surface area contributed by atoms with E-state index in [1.807, 2.05) is 30.3 Å². The number of thioether (sulfide) groups is 1. The first-order chi connectivity index (χ1) is 7.50. The second-order valence-electron chi connectivity index (χ2n) is 3.19. The molecule has 0 aromatic heterocycles. The predicted molar refractivity (Wildman–Crippen MR) is 57.5 cm³/mol. The van der Waals surface area contributed by atoms with Gasteiger partial charge in [0.15, 0.2) is 0 Å². The number of hydrogen-bond donors (Lipinski definition) is 0. The molecule has 0 saturated heterocycles. The zero-order valence-corrected chi connectivity index (χ0v) is 9.27. The number of benzene rings is 1. The van der Waals surface area contributed by atoms with E-state index in [1.54, 1.807) is 0 Å². The highest BCUT2D eigenvalue weighted by Gasteiger charge is 2.37. The molecule has 0 atom stereocenters. The fraction of sp³-hybridized carbons (Fsp3) is 0.364. The van der Waals surface area contributed by atoms with Crippen molar-refractivity contribution >= 4 is 17.5 Å². The van der Waals surface area contributed by atoms with Gasteiger partial charge < -0.3 is 0 Å². The van der Waals surface area contributed by atoms with Crippen molar-refractivity contribution in [1.82, 2.24) is 0 Å². The summed E-state index contributed by atoms with van der Waals surface area (Å²) in [4.78, 5) is 11.5. The van der Waals surface area contributed by atoms with Gasteiger partial charge in [-0.05, 0) is 24.3 Å². The van der Waals surface area contributed by atoms with Crippen LogP contribution in [0.1, 0.15) is 12.8 Å². The van der Waals surface area contributed by atoms with Crippen molar-refractivity contribution in [3.05, 3.63) is 30.3 Å². The van der Waals surface area contributed by atoms with E-state index >= 15 is 0 Å². The Morgan fingerprint density at radius 1 is 1.19 bits per heavy atom. The summed E-state index contributed by atoms with van der Waals surface area (Å²) in [7, 11) is 0. The van der Waals surface area contributed by atoms with Crippen molar-refractivity contribution in [2.75, 3.05) is 5.75 Å². The molecule has 5 heteroatoms. The molecule has 1 nitrogen and oxygen atoms in total. The van der Waals surface area contributed by atoms with E-state index in [1.165, 1.54) is 11.8 Å². The summed E-state index contributed by atoms with van der Waals surface area (Å²) in [5.41, 5.74) is 0. The van der Waals surface area contributed by atoms with Crippen molar-refractivity contribution < 1.29 is 18.0 Å². The summed E-state index contributed by atoms with van der Waals surface area (Å²) in [5, 5.41) is 0. The Bertz CT molecular complexity index is 335. The minimum Gasteiger partial charge on any atom is -0.290 e. The summed E-state index contributed by atoms with van der Waals surface area (Å²) in [6.07, 6.45) is -4.86. The van der Waals surface area contributed by atoms with Crippen LogP contribution in [0.15, 0.2) is 35.2 Å². The molecule has 0 fully saturated rings. The largest absolute Gasteiger partial charge is 0.449 e. The van der Waals surface area contributed by atoms with E-state index in [0.717, 1.165) is 4.90 Å². The SMILES string of the molecule is O=C(CCCSc1ccccc1)C(F)(F)F. The third-order valence-electron chi connectivity index (χ3n) is 1.88. The quantitative estimate of drug-likeness (QED) is 0.584. The molecular formula is C11H11F3OS. The molecule has 0 unspecified atom stereocenters. The molecule has 0 aliphatic heterocycles. The van der Waals surface area contributed by atoms with Gasteiger partial charge in [0.2, 0.25) is 5.78 Å². The smallest absolute Gasteiger partial charge is 0.290 e. The minimum atomic E-state index is -4.68. The number of hydrogen-bond acceptors (Lipinski definition) is 2. The van der Waals surface area contributed by atoms with Gasteiger partial charge in [-0.3, -0.25) is 4.79 Å². The number of Topliss-reactive ketones (excluding diaryl/α,β-unsaturated/α-hetero) is 1. The van der Waals surface area contributed by atoms with Crippen LogP contribution in [-0.4, -0.2) is 17.7 Å². The maximum Gasteiger partial charge on any atom is 0.449 e. The van der Waals surface area contributed by atoms with E-state index in [4.69, 9.17) is 0 Å². The van der Waals surface area contributed by atoms with Crippen LogP contribution in [0.3, 0.4) is 0 Å². The van der Waals surface area contributed by atoms with Crippen LogP contribution >= 0.6 is 11.8 Å². The Morgan fingerprint density at radius 2 is 1.81 bits per heavy atom. The molecule has 1 aromatic carbocycles. The average Bonchev–Trinajstić information content (AvgIpc) is 2.24. The average molecular weight is 248 g/mol. The van der Waals surface area contributed by atoms with E-state index < -0.39 is 18.4 Å². The number of alkyl halides is 3. The Morgan fingerprint density at radius 3 is 2.38 bits per heavy atom. The van der Waals surface area contributed by atoms with E-state index in [9.17, 15) is 18.0 Å². The van der Waals surface area contributed by atoms with Crippen LogP contribution in [0.2, 0.25) is 0 Å². The molecule has 1 aromatic rings. The monoisotopic (exact) mass is 248 g/mol.